The van der Waals surface area contributed by atoms with Crippen molar-refractivity contribution in [2.45, 2.75) is 24.8 Å². The molecular formula is C23H18ClF6N5O5. The number of nitrogens with zero attached hydrogens (tertiary/aromatic N) is 2. The fraction of sp³-hybridized carbons (Fsp3) is 0.174. The lowest BCUT2D eigenvalue weighted by atomic mass is 10.0. The number of hydrogen-bond donors (Lipinski definition) is 5. The number of carboxylic acids is 2. The average Bonchev–Trinajstić information content (AvgIpc) is 3.40. The second-order valence-electron chi connectivity index (χ2n) is 7.71. The van der Waals surface area contributed by atoms with E-state index >= 15 is 0 Å². The number of nitrogens with one attached hydrogen (secondary N) is 2. The average molecular weight is 594 g/mol. The van der Waals surface area contributed by atoms with Gasteiger partial charge in [0.1, 0.15) is 5.82 Å². The van der Waals surface area contributed by atoms with Crippen LogP contribution in [-0.4, -0.2) is 54.7 Å². The number of alkyl halides is 6. The van der Waals surface area contributed by atoms with Crippen molar-refractivity contribution in [3.8, 4) is 11.1 Å². The van der Waals surface area contributed by atoms with E-state index in [0.717, 1.165) is 16.7 Å². The Morgan fingerprint density at radius 1 is 0.950 bits per heavy atom. The van der Waals surface area contributed by atoms with Crippen LogP contribution < -0.4 is 11.3 Å². The summed E-state index contributed by atoms with van der Waals surface area (Å²) < 4.78 is 63.5. The van der Waals surface area contributed by atoms with Crippen molar-refractivity contribution in [3.63, 3.8) is 0 Å². The predicted octanol–water partition coefficient (Wildman–Crippen LogP) is 4.48. The molecule has 0 saturated heterocycles. The van der Waals surface area contributed by atoms with E-state index in [-0.39, 0.29) is 5.56 Å². The number of fused-ring (bicyclic) bond motifs is 1. The van der Waals surface area contributed by atoms with Gasteiger partial charge >= 0.3 is 24.3 Å². The number of carboxylic acid groups (broad SMARTS) is 2. The molecule has 6 N–H and O–H groups in total. The lowest BCUT2D eigenvalue weighted by Crippen LogP contribution is -2.21. The summed E-state index contributed by atoms with van der Waals surface area (Å²) in [5.74, 6) is -5.05. The third-order valence-electron chi connectivity index (χ3n) is 4.76. The Bertz CT molecular complexity index is 1480. The molecule has 0 aliphatic carbocycles. The molecule has 0 amide bonds. The van der Waals surface area contributed by atoms with Crippen LogP contribution in [0, 0.1) is 0 Å². The van der Waals surface area contributed by atoms with Crippen molar-refractivity contribution in [2.75, 3.05) is 0 Å². The Labute approximate surface area is 224 Å². The van der Waals surface area contributed by atoms with Crippen molar-refractivity contribution in [2.24, 2.45) is 5.73 Å². The molecule has 0 radical (unpaired) electrons. The summed E-state index contributed by atoms with van der Waals surface area (Å²) in [6, 6.07) is 12.6. The zero-order chi connectivity index (χ0) is 30.3. The second-order valence-corrected chi connectivity index (χ2v) is 8.15. The maximum Gasteiger partial charge on any atom is 0.490 e. The first-order valence-electron chi connectivity index (χ1n) is 10.6. The number of aromatic amines is 2. The van der Waals surface area contributed by atoms with Gasteiger partial charge in [0.05, 0.1) is 23.1 Å². The molecule has 0 spiro atoms. The molecule has 0 bridgehead atoms. The third-order valence-corrected chi connectivity index (χ3v) is 5.01. The largest absolute Gasteiger partial charge is 0.490 e. The smallest absolute Gasteiger partial charge is 0.475 e. The van der Waals surface area contributed by atoms with Gasteiger partial charge in [-0.3, -0.25) is 9.89 Å². The number of carbonyl (C=O) groups is 2. The first-order chi connectivity index (χ1) is 18.5. The number of hydrogen-bond acceptors (Lipinski definition) is 6. The lowest BCUT2D eigenvalue weighted by molar-refractivity contribution is -0.193. The molecule has 0 fully saturated rings. The van der Waals surface area contributed by atoms with E-state index in [1.807, 2.05) is 36.4 Å². The molecule has 0 aliphatic heterocycles. The normalized spacial score (nSPS) is 12.0. The van der Waals surface area contributed by atoms with Gasteiger partial charge in [0.15, 0.2) is 0 Å². The number of aromatic nitrogens is 4. The molecular weight excluding hydrogens is 576 g/mol. The fourth-order valence-electron chi connectivity index (χ4n) is 2.89. The van der Waals surface area contributed by atoms with Crippen molar-refractivity contribution in [1.29, 1.82) is 0 Å². The predicted molar refractivity (Wildman–Crippen MR) is 129 cm³/mol. The van der Waals surface area contributed by atoms with Crippen molar-refractivity contribution in [3.05, 3.63) is 81.6 Å². The Morgan fingerprint density at radius 3 is 1.98 bits per heavy atom. The quantitative estimate of drug-likeness (QED) is 0.215. The van der Waals surface area contributed by atoms with Crippen LogP contribution in [0.2, 0.25) is 5.02 Å². The minimum Gasteiger partial charge on any atom is -0.475 e. The number of benzene rings is 2. The Hall–Kier alpha value is -4.44. The van der Waals surface area contributed by atoms with Gasteiger partial charge < -0.3 is 20.9 Å². The molecule has 2 aromatic carbocycles. The van der Waals surface area contributed by atoms with Crippen molar-refractivity contribution < 1.29 is 46.1 Å². The second kappa shape index (κ2) is 13.1. The number of rotatable bonds is 4. The minimum atomic E-state index is -5.08. The highest BCUT2D eigenvalue weighted by Gasteiger charge is 2.38. The summed E-state index contributed by atoms with van der Waals surface area (Å²) in [5.41, 5.74) is 9.50. The fourth-order valence-corrected chi connectivity index (χ4v) is 3.02. The van der Waals surface area contributed by atoms with Gasteiger partial charge in [0.2, 0.25) is 0 Å². The van der Waals surface area contributed by atoms with Gasteiger partial charge in [-0.15, -0.1) is 0 Å². The monoisotopic (exact) mass is 593 g/mol. The van der Waals surface area contributed by atoms with Gasteiger partial charge in [-0.05, 0) is 41.8 Å². The number of H-pyrrole nitrogens is 2. The summed E-state index contributed by atoms with van der Waals surface area (Å²) in [6.45, 7) is 0. The molecule has 4 aromatic rings. The first kappa shape index (κ1) is 31.8. The third kappa shape index (κ3) is 9.39. The van der Waals surface area contributed by atoms with Gasteiger partial charge in [0, 0.05) is 16.8 Å². The van der Waals surface area contributed by atoms with E-state index in [4.69, 9.17) is 37.1 Å². The Balaban J connectivity index is 0.000000333. The Kier molecular flexibility index (Phi) is 10.4. The van der Waals surface area contributed by atoms with Crippen LogP contribution in [0.5, 0.6) is 0 Å². The molecule has 1 atom stereocenters. The summed E-state index contributed by atoms with van der Waals surface area (Å²) in [4.78, 5) is 37.7. The SMILES string of the molecule is N[C@H](Cc1ccc(Cl)cc1)c1nc2ccc(-c3cn[nH]c3)cc2c(=O)[nH]1.O=C(O)C(F)(F)F.O=C(O)C(F)(F)F. The molecule has 0 aliphatic rings. The van der Waals surface area contributed by atoms with Crippen LogP contribution in [0.25, 0.3) is 22.0 Å². The van der Waals surface area contributed by atoms with E-state index in [0.29, 0.717) is 28.2 Å². The molecule has 0 saturated carbocycles. The summed E-state index contributed by atoms with van der Waals surface area (Å²) in [7, 11) is 0. The summed E-state index contributed by atoms with van der Waals surface area (Å²) >= 11 is 5.90. The van der Waals surface area contributed by atoms with E-state index in [1.165, 1.54) is 0 Å². The lowest BCUT2D eigenvalue weighted by Gasteiger charge is -2.12. The van der Waals surface area contributed by atoms with Crippen LogP contribution in [0.1, 0.15) is 17.4 Å². The van der Waals surface area contributed by atoms with E-state index in [1.54, 1.807) is 18.5 Å². The highest BCUT2D eigenvalue weighted by atomic mass is 35.5. The topological polar surface area (TPSA) is 175 Å². The summed E-state index contributed by atoms with van der Waals surface area (Å²) in [5, 5.41) is 22.1. The molecule has 10 nitrogen and oxygen atoms in total. The van der Waals surface area contributed by atoms with E-state index in [9.17, 15) is 31.1 Å². The van der Waals surface area contributed by atoms with Crippen molar-refractivity contribution >= 4 is 34.4 Å². The zero-order valence-corrected chi connectivity index (χ0v) is 20.5. The van der Waals surface area contributed by atoms with Crippen LogP contribution >= 0.6 is 11.6 Å². The van der Waals surface area contributed by atoms with Gasteiger partial charge in [0.25, 0.3) is 5.56 Å². The number of aliphatic carboxylic acids is 2. The van der Waals surface area contributed by atoms with Crippen molar-refractivity contribution in [1.82, 2.24) is 20.2 Å². The van der Waals surface area contributed by atoms with Crippen LogP contribution in [-0.2, 0) is 16.0 Å². The van der Waals surface area contributed by atoms with Gasteiger partial charge in [-0.25, -0.2) is 14.6 Å². The first-order valence-corrected chi connectivity index (χ1v) is 11.0. The zero-order valence-electron chi connectivity index (χ0n) is 19.7. The van der Waals surface area contributed by atoms with Crippen LogP contribution in [0.4, 0.5) is 26.3 Å². The highest BCUT2D eigenvalue weighted by Crippen LogP contribution is 2.22. The molecule has 17 heteroatoms. The molecule has 4 rings (SSSR count). The van der Waals surface area contributed by atoms with E-state index in [2.05, 4.69) is 20.2 Å². The molecule has 2 heterocycles. The van der Waals surface area contributed by atoms with Crippen LogP contribution in [0.3, 0.4) is 0 Å². The Morgan fingerprint density at radius 2 is 1.50 bits per heavy atom. The van der Waals surface area contributed by atoms with Crippen LogP contribution in [0.15, 0.2) is 59.7 Å². The van der Waals surface area contributed by atoms with Gasteiger partial charge in [-0.2, -0.15) is 31.4 Å². The molecule has 2 aromatic heterocycles. The van der Waals surface area contributed by atoms with E-state index < -0.39 is 30.3 Å². The maximum absolute atomic E-state index is 12.5. The van der Waals surface area contributed by atoms with Gasteiger partial charge in [-0.1, -0.05) is 29.8 Å². The summed E-state index contributed by atoms with van der Waals surface area (Å²) in [6.07, 6.45) is -6.13. The molecule has 40 heavy (non-hydrogen) atoms. The minimum absolute atomic E-state index is 0.207. The number of halogens is 7. The highest BCUT2D eigenvalue weighted by molar-refractivity contribution is 6.30. The number of nitrogens with two attached hydrogens (primary N) is 1. The maximum atomic E-state index is 12.5. The molecule has 214 valence electrons. The standard InChI is InChI=1S/C19H16ClN5O.2C2HF3O2/c20-14-4-1-11(2-5-14)7-16(21)18-24-17-6-3-12(13-9-22-23-10-13)8-15(17)19(26)25-18;2*3-2(4,5)1(6)7/h1-6,8-10,16H,7,21H2,(H,22,23)(H,24,25,26);2*(H,6,7)/t16-;;/m1../s1. The molecule has 0 unspecified atom stereocenters.